The first-order valence-corrected chi connectivity index (χ1v) is 7.55. The summed E-state index contributed by atoms with van der Waals surface area (Å²) in [6.45, 7) is 4.50. The third-order valence-corrected chi connectivity index (χ3v) is 4.99. The molecule has 0 aromatic carbocycles. The van der Waals surface area contributed by atoms with E-state index in [4.69, 9.17) is 27.5 Å². The Morgan fingerprint density at radius 3 is 1.76 bits per heavy atom. The molecule has 1 unspecified atom stereocenters. The van der Waals surface area contributed by atoms with Crippen molar-refractivity contribution in [3.8, 4) is 0 Å². The van der Waals surface area contributed by atoms with E-state index in [1.807, 2.05) is 13.8 Å². The van der Waals surface area contributed by atoms with Gasteiger partial charge in [0.15, 0.2) is 0 Å². The zero-order chi connectivity index (χ0) is 13.4. The SMILES string of the molecule is CCCO[Si](CC)(OC)OC(OC)(OC)OC. The highest BCUT2D eigenvalue weighted by atomic mass is 28.4. The molecule has 0 rings (SSSR count). The summed E-state index contributed by atoms with van der Waals surface area (Å²) >= 11 is 0. The smallest absolute Gasteiger partial charge is 0.377 e. The summed E-state index contributed by atoms with van der Waals surface area (Å²) in [7, 11) is 3.00. The van der Waals surface area contributed by atoms with Crippen molar-refractivity contribution in [3.05, 3.63) is 0 Å². The van der Waals surface area contributed by atoms with Gasteiger partial charge in [-0.2, -0.15) is 0 Å². The van der Waals surface area contributed by atoms with Gasteiger partial charge in [0.25, 0.3) is 0 Å². The third-order valence-electron chi connectivity index (χ3n) is 2.30. The van der Waals surface area contributed by atoms with Crippen LogP contribution in [-0.2, 0) is 27.5 Å². The van der Waals surface area contributed by atoms with Crippen LogP contribution >= 0.6 is 0 Å². The minimum absolute atomic E-state index is 0.557. The second kappa shape index (κ2) is 8.14. The lowest BCUT2D eigenvalue weighted by Crippen LogP contribution is -2.54. The van der Waals surface area contributed by atoms with Crippen molar-refractivity contribution < 1.29 is 27.5 Å². The fraction of sp³-hybridized carbons (Fsp3) is 1.00. The van der Waals surface area contributed by atoms with Crippen LogP contribution < -0.4 is 0 Å². The van der Waals surface area contributed by atoms with E-state index >= 15 is 0 Å². The molecule has 0 aromatic rings. The number of ether oxygens (including phenoxy) is 3. The summed E-state index contributed by atoms with van der Waals surface area (Å²) in [6, 6.07) is 0.599. The zero-order valence-electron chi connectivity index (χ0n) is 11.6. The Kier molecular flexibility index (Phi) is 8.13. The highest BCUT2D eigenvalue weighted by Crippen LogP contribution is 2.25. The van der Waals surface area contributed by atoms with Crippen molar-refractivity contribution >= 4 is 8.80 Å². The summed E-state index contributed by atoms with van der Waals surface area (Å²) < 4.78 is 32.0. The molecule has 104 valence electrons. The molecule has 0 aliphatic heterocycles. The molecule has 6 nitrogen and oxygen atoms in total. The fourth-order valence-electron chi connectivity index (χ4n) is 1.27. The number of hydrogen-bond acceptors (Lipinski definition) is 6. The van der Waals surface area contributed by atoms with Gasteiger partial charge in [0.1, 0.15) is 0 Å². The van der Waals surface area contributed by atoms with E-state index in [0.29, 0.717) is 12.7 Å². The molecule has 0 saturated carbocycles. The molecule has 0 aromatic heterocycles. The van der Waals surface area contributed by atoms with Gasteiger partial charge in [0.05, 0.1) is 0 Å². The Balaban J connectivity index is 4.81. The second-order valence-electron chi connectivity index (χ2n) is 3.30. The van der Waals surface area contributed by atoms with E-state index in [0.717, 1.165) is 6.42 Å². The normalized spacial score (nSPS) is 15.9. The van der Waals surface area contributed by atoms with Crippen LogP contribution in [0.25, 0.3) is 0 Å². The van der Waals surface area contributed by atoms with Crippen molar-refractivity contribution in [3.63, 3.8) is 0 Å². The van der Waals surface area contributed by atoms with Crippen molar-refractivity contribution in [2.75, 3.05) is 35.0 Å². The molecule has 0 aliphatic rings. The zero-order valence-corrected chi connectivity index (χ0v) is 12.6. The summed E-state index contributed by atoms with van der Waals surface area (Å²) in [5, 5.41) is 0. The molecule has 0 fully saturated rings. The van der Waals surface area contributed by atoms with Crippen molar-refractivity contribution in [1.29, 1.82) is 0 Å². The highest BCUT2D eigenvalue weighted by Gasteiger charge is 2.48. The van der Waals surface area contributed by atoms with Crippen LogP contribution in [0, 0.1) is 0 Å². The monoisotopic (exact) mass is 268 g/mol. The first kappa shape index (κ1) is 17.0. The Bertz CT molecular complexity index is 185. The maximum Gasteiger partial charge on any atom is 0.506 e. The van der Waals surface area contributed by atoms with Crippen LogP contribution in [0.2, 0.25) is 6.04 Å². The van der Waals surface area contributed by atoms with Gasteiger partial charge in [-0.3, -0.25) is 4.43 Å². The molecule has 0 aliphatic carbocycles. The minimum Gasteiger partial charge on any atom is -0.377 e. The molecular weight excluding hydrogens is 244 g/mol. The summed E-state index contributed by atoms with van der Waals surface area (Å²) in [5.74, 6) is 0. The number of hydrogen-bond donors (Lipinski definition) is 0. The number of rotatable bonds is 10. The molecule has 0 N–H and O–H groups in total. The summed E-state index contributed by atoms with van der Waals surface area (Å²) in [4.78, 5) is 0. The Morgan fingerprint density at radius 1 is 0.941 bits per heavy atom. The lowest BCUT2D eigenvalue weighted by atomic mass is 10.5. The van der Waals surface area contributed by atoms with Gasteiger partial charge in [0, 0.05) is 41.1 Å². The van der Waals surface area contributed by atoms with Gasteiger partial charge in [-0.15, -0.1) is 0 Å². The minimum atomic E-state index is -2.84. The largest absolute Gasteiger partial charge is 0.506 e. The van der Waals surface area contributed by atoms with Crippen molar-refractivity contribution in [2.45, 2.75) is 32.5 Å². The van der Waals surface area contributed by atoms with Gasteiger partial charge in [-0.05, 0) is 6.42 Å². The van der Waals surface area contributed by atoms with Crippen LogP contribution in [0.4, 0.5) is 0 Å². The molecule has 1 atom stereocenters. The van der Waals surface area contributed by atoms with Gasteiger partial charge >= 0.3 is 15.0 Å². The van der Waals surface area contributed by atoms with Gasteiger partial charge in [0.2, 0.25) is 0 Å². The lowest BCUT2D eigenvalue weighted by Gasteiger charge is -2.36. The van der Waals surface area contributed by atoms with Crippen LogP contribution in [0.3, 0.4) is 0 Å². The van der Waals surface area contributed by atoms with E-state index in [2.05, 4.69) is 0 Å². The van der Waals surface area contributed by atoms with E-state index in [1.54, 1.807) is 7.11 Å². The van der Waals surface area contributed by atoms with E-state index < -0.39 is 15.0 Å². The maximum atomic E-state index is 5.70. The lowest BCUT2D eigenvalue weighted by molar-refractivity contribution is -0.460. The first-order chi connectivity index (χ1) is 8.07. The molecule has 7 heteroatoms. The quantitative estimate of drug-likeness (QED) is 0.443. The van der Waals surface area contributed by atoms with Gasteiger partial charge in [-0.1, -0.05) is 13.8 Å². The molecule has 0 bridgehead atoms. The van der Waals surface area contributed by atoms with Crippen LogP contribution in [0.1, 0.15) is 20.3 Å². The van der Waals surface area contributed by atoms with E-state index in [9.17, 15) is 0 Å². The molecule has 17 heavy (non-hydrogen) atoms. The first-order valence-electron chi connectivity index (χ1n) is 5.62. The van der Waals surface area contributed by atoms with Crippen LogP contribution in [0.15, 0.2) is 0 Å². The summed E-state index contributed by atoms with van der Waals surface area (Å²) in [5.41, 5.74) is 0. The predicted molar refractivity (Wildman–Crippen MR) is 64.3 cm³/mol. The molecule has 0 radical (unpaired) electrons. The van der Waals surface area contributed by atoms with E-state index in [-0.39, 0.29) is 0 Å². The maximum absolute atomic E-state index is 5.70. The molecule has 0 amide bonds. The van der Waals surface area contributed by atoms with Crippen molar-refractivity contribution in [2.24, 2.45) is 0 Å². The predicted octanol–water partition coefficient (Wildman–Crippen LogP) is 1.59. The molecule has 0 saturated heterocycles. The van der Waals surface area contributed by atoms with Crippen LogP contribution in [0.5, 0.6) is 0 Å². The number of methoxy groups -OCH3 is 3. The van der Waals surface area contributed by atoms with E-state index in [1.165, 1.54) is 21.3 Å². The standard InChI is InChI=1S/C10H24O6Si/c1-7-9-15-17(8-2,14-6)16-10(11-3,12-4)13-5/h7-9H2,1-6H3. The fourth-order valence-corrected chi connectivity index (χ4v) is 3.31. The summed E-state index contributed by atoms with van der Waals surface area (Å²) in [6.07, 6.45) is -0.701. The Morgan fingerprint density at radius 2 is 1.47 bits per heavy atom. The third kappa shape index (κ3) is 4.63. The molecular formula is C10H24O6Si. The molecule has 0 heterocycles. The Labute approximate surface area is 104 Å². The van der Waals surface area contributed by atoms with Crippen molar-refractivity contribution in [1.82, 2.24) is 0 Å². The average molecular weight is 268 g/mol. The molecule has 0 spiro atoms. The Hall–Kier alpha value is -0.0231. The van der Waals surface area contributed by atoms with Crippen LogP contribution in [-0.4, -0.2) is 50.0 Å². The topological polar surface area (TPSA) is 55.4 Å². The van der Waals surface area contributed by atoms with Gasteiger partial charge in [-0.25, -0.2) is 0 Å². The highest BCUT2D eigenvalue weighted by molar-refractivity contribution is 6.60. The second-order valence-corrected chi connectivity index (χ2v) is 6.28. The average Bonchev–Trinajstić information content (AvgIpc) is 2.41. The van der Waals surface area contributed by atoms with Gasteiger partial charge < -0.3 is 23.1 Å².